The van der Waals surface area contributed by atoms with Gasteiger partial charge in [-0.15, -0.1) is 0 Å². The monoisotopic (exact) mass is 198 g/mol. The molecule has 0 saturated carbocycles. The van der Waals surface area contributed by atoms with Crippen LogP contribution in [-0.4, -0.2) is 11.5 Å². The van der Waals surface area contributed by atoms with Crippen molar-refractivity contribution in [2.75, 3.05) is 6.54 Å². The summed E-state index contributed by atoms with van der Waals surface area (Å²) in [5.41, 5.74) is 2.47. The molecule has 0 radical (unpaired) electrons. The summed E-state index contributed by atoms with van der Waals surface area (Å²) in [6.45, 7) is 1.14. The Morgan fingerprint density at radius 1 is 1.27 bits per heavy atom. The second kappa shape index (κ2) is 3.63. The van der Waals surface area contributed by atoms with E-state index in [-0.39, 0.29) is 0 Å². The van der Waals surface area contributed by atoms with Gasteiger partial charge in [0, 0.05) is 17.6 Å². The Morgan fingerprint density at radius 2 is 2.27 bits per heavy atom. The summed E-state index contributed by atoms with van der Waals surface area (Å²) in [6, 6.07) is 11.2. The number of pyridine rings is 1. The van der Waals surface area contributed by atoms with Crippen LogP contribution in [0.25, 0.3) is 10.9 Å². The molecule has 1 saturated heterocycles. The number of hydrogen-bond donors (Lipinski definition) is 1. The van der Waals surface area contributed by atoms with Crippen molar-refractivity contribution < 1.29 is 0 Å². The summed E-state index contributed by atoms with van der Waals surface area (Å²) >= 11 is 0. The molecule has 0 amide bonds. The molecule has 0 spiro atoms. The number of fused-ring (bicyclic) bond motifs is 1. The molecule has 76 valence electrons. The van der Waals surface area contributed by atoms with E-state index in [4.69, 9.17) is 0 Å². The van der Waals surface area contributed by atoms with Crippen LogP contribution in [0.3, 0.4) is 0 Å². The Morgan fingerprint density at radius 3 is 3.13 bits per heavy atom. The standard InChI is InChI=1S/C13H14N2/c1-3-10-5-6-11(9-13(10)15-7-1)12-4-2-8-14-12/h1,3,5-7,9,12,14H,2,4,8H2. The molecule has 1 aromatic heterocycles. The Labute approximate surface area is 89.3 Å². The van der Waals surface area contributed by atoms with Gasteiger partial charge >= 0.3 is 0 Å². The molecular weight excluding hydrogens is 184 g/mol. The number of aromatic nitrogens is 1. The molecule has 1 atom stereocenters. The largest absolute Gasteiger partial charge is 0.310 e. The molecule has 3 rings (SSSR count). The van der Waals surface area contributed by atoms with E-state index in [2.05, 4.69) is 34.6 Å². The Hall–Kier alpha value is -1.41. The van der Waals surface area contributed by atoms with Crippen molar-refractivity contribution in [3.8, 4) is 0 Å². The molecule has 2 nitrogen and oxygen atoms in total. The molecule has 1 N–H and O–H groups in total. The fraction of sp³-hybridized carbons (Fsp3) is 0.308. The maximum Gasteiger partial charge on any atom is 0.0705 e. The summed E-state index contributed by atoms with van der Waals surface area (Å²) in [5.74, 6) is 0. The Balaban J connectivity index is 2.05. The van der Waals surface area contributed by atoms with E-state index in [1.165, 1.54) is 23.8 Å². The minimum atomic E-state index is 0.538. The summed E-state index contributed by atoms with van der Waals surface area (Å²) in [6.07, 6.45) is 4.39. The first-order chi connectivity index (χ1) is 7.43. The van der Waals surface area contributed by atoms with Crippen molar-refractivity contribution in [2.24, 2.45) is 0 Å². The molecule has 0 bridgehead atoms. The van der Waals surface area contributed by atoms with Crippen LogP contribution in [0.4, 0.5) is 0 Å². The van der Waals surface area contributed by atoms with Gasteiger partial charge in [-0.2, -0.15) is 0 Å². The van der Waals surface area contributed by atoms with Crippen molar-refractivity contribution in [1.29, 1.82) is 0 Å². The SMILES string of the molecule is c1cnc2cc(C3CCCN3)ccc2c1. The van der Waals surface area contributed by atoms with E-state index < -0.39 is 0 Å². The van der Waals surface area contributed by atoms with Crippen LogP contribution >= 0.6 is 0 Å². The minimum Gasteiger partial charge on any atom is -0.310 e. The van der Waals surface area contributed by atoms with Crippen molar-refractivity contribution in [3.63, 3.8) is 0 Å². The van der Waals surface area contributed by atoms with Gasteiger partial charge in [0.1, 0.15) is 0 Å². The molecule has 1 unspecified atom stereocenters. The van der Waals surface area contributed by atoms with Crippen LogP contribution < -0.4 is 5.32 Å². The van der Waals surface area contributed by atoms with Gasteiger partial charge in [-0.1, -0.05) is 18.2 Å². The third-order valence-corrected chi connectivity index (χ3v) is 3.09. The summed E-state index contributed by atoms with van der Waals surface area (Å²) in [7, 11) is 0. The minimum absolute atomic E-state index is 0.538. The predicted molar refractivity (Wildman–Crippen MR) is 61.7 cm³/mol. The highest BCUT2D eigenvalue weighted by Crippen LogP contribution is 2.25. The van der Waals surface area contributed by atoms with Gasteiger partial charge < -0.3 is 5.32 Å². The third-order valence-electron chi connectivity index (χ3n) is 3.09. The number of hydrogen-bond acceptors (Lipinski definition) is 2. The van der Waals surface area contributed by atoms with Crippen molar-refractivity contribution in [3.05, 3.63) is 42.1 Å². The van der Waals surface area contributed by atoms with Crippen molar-refractivity contribution in [2.45, 2.75) is 18.9 Å². The normalized spacial score (nSPS) is 20.9. The van der Waals surface area contributed by atoms with Gasteiger partial charge in [0.15, 0.2) is 0 Å². The van der Waals surface area contributed by atoms with Crippen molar-refractivity contribution >= 4 is 10.9 Å². The molecule has 1 aliphatic heterocycles. The summed E-state index contributed by atoms with van der Waals surface area (Å²) < 4.78 is 0. The molecular formula is C13H14N2. The lowest BCUT2D eigenvalue weighted by molar-refractivity contribution is 0.648. The zero-order valence-corrected chi connectivity index (χ0v) is 8.61. The van der Waals surface area contributed by atoms with E-state index in [0.717, 1.165) is 12.1 Å². The van der Waals surface area contributed by atoms with E-state index >= 15 is 0 Å². The molecule has 1 aromatic carbocycles. The van der Waals surface area contributed by atoms with E-state index in [0.29, 0.717) is 6.04 Å². The number of nitrogens with one attached hydrogen (secondary N) is 1. The molecule has 1 fully saturated rings. The second-order valence-corrected chi connectivity index (χ2v) is 4.10. The molecule has 2 heterocycles. The highest BCUT2D eigenvalue weighted by atomic mass is 14.9. The number of benzene rings is 1. The lowest BCUT2D eigenvalue weighted by Crippen LogP contribution is -2.12. The molecule has 2 aromatic rings. The van der Waals surface area contributed by atoms with Gasteiger partial charge in [0.25, 0.3) is 0 Å². The van der Waals surface area contributed by atoms with Crippen LogP contribution in [0, 0.1) is 0 Å². The van der Waals surface area contributed by atoms with Crippen LogP contribution in [0.5, 0.6) is 0 Å². The quantitative estimate of drug-likeness (QED) is 0.762. The summed E-state index contributed by atoms with van der Waals surface area (Å²) in [4.78, 5) is 4.39. The lowest BCUT2D eigenvalue weighted by atomic mass is 10.0. The molecule has 2 heteroatoms. The first kappa shape index (κ1) is 8.86. The fourth-order valence-electron chi connectivity index (χ4n) is 2.27. The number of nitrogens with zero attached hydrogens (tertiary/aromatic N) is 1. The molecule has 1 aliphatic rings. The van der Waals surface area contributed by atoms with Crippen LogP contribution in [0.1, 0.15) is 24.4 Å². The van der Waals surface area contributed by atoms with Gasteiger partial charge in [-0.3, -0.25) is 4.98 Å². The zero-order valence-electron chi connectivity index (χ0n) is 8.61. The zero-order chi connectivity index (χ0) is 10.1. The predicted octanol–water partition coefficient (Wildman–Crippen LogP) is 2.66. The smallest absolute Gasteiger partial charge is 0.0705 e. The van der Waals surface area contributed by atoms with Crippen LogP contribution in [-0.2, 0) is 0 Å². The fourth-order valence-corrected chi connectivity index (χ4v) is 2.27. The molecule has 0 aliphatic carbocycles. The highest BCUT2D eigenvalue weighted by Gasteiger charge is 2.15. The maximum absolute atomic E-state index is 4.39. The van der Waals surface area contributed by atoms with E-state index in [1.54, 1.807) is 0 Å². The number of rotatable bonds is 1. The first-order valence-electron chi connectivity index (χ1n) is 5.51. The van der Waals surface area contributed by atoms with Crippen LogP contribution in [0.15, 0.2) is 36.5 Å². The van der Waals surface area contributed by atoms with Gasteiger partial charge in [-0.25, -0.2) is 0 Å². The average molecular weight is 198 g/mol. The van der Waals surface area contributed by atoms with E-state index in [1.807, 2.05) is 12.3 Å². The van der Waals surface area contributed by atoms with Gasteiger partial charge in [0.05, 0.1) is 5.52 Å². The highest BCUT2D eigenvalue weighted by molar-refractivity contribution is 5.78. The lowest BCUT2D eigenvalue weighted by Gasteiger charge is -2.10. The Bertz CT molecular complexity index is 473. The molecule has 15 heavy (non-hydrogen) atoms. The first-order valence-corrected chi connectivity index (χ1v) is 5.51. The van der Waals surface area contributed by atoms with Gasteiger partial charge in [0.2, 0.25) is 0 Å². The maximum atomic E-state index is 4.39. The average Bonchev–Trinajstić information content (AvgIpc) is 2.82. The Kier molecular flexibility index (Phi) is 2.14. The topological polar surface area (TPSA) is 24.9 Å². The van der Waals surface area contributed by atoms with E-state index in [9.17, 15) is 0 Å². The van der Waals surface area contributed by atoms with Crippen molar-refractivity contribution in [1.82, 2.24) is 10.3 Å². The second-order valence-electron chi connectivity index (χ2n) is 4.10. The third kappa shape index (κ3) is 1.61. The summed E-state index contributed by atoms with van der Waals surface area (Å²) in [5, 5.41) is 4.73. The van der Waals surface area contributed by atoms with Crippen LogP contribution in [0.2, 0.25) is 0 Å². The van der Waals surface area contributed by atoms with Gasteiger partial charge in [-0.05, 0) is 37.1 Å².